The standard InChI is InChI=1S/C14H28N2O/c1-6-16(14(17)11(2)3)13-7-9-15(10-8-13)12(4)5/h11-13H,6-10H2,1-5H3. The molecule has 1 rings (SSSR count). The molecule has 17 heavy (non-hydrogen) atoms. The van der Waals surface area contributed by atoms with Crippen LogP contribution in [0.4, 0.5) is 0 Å². The van der Waals surface area contributed by atoms with Crippen molar-refractivity contribution in [1.29, 1.82) is 0 Å². The van der Waals surface area contributed by atoms with Crippen LogP contribution in [-0.4, -0.2) is 47.4 Å². The van der Waals surface area contributed by atoms with Crippen LogP contribution in [0.3, 0.4) is 0 Å². The number of rotatable bonds is 4. The molecule has 0 saturated carbocycles. The van der Waals surface area contributed by atoms with Gasteiger partial charge >= 0.3 is 0 Å². The summed E-state index contributed by atoms with van der Waals surface area (Å²) in [7, 11) is 0. The minimum absolute atomic E-state index is 0.123. The number of hydrogen-bond donors (Lipinski definition) is 0. The van der Waals surface area contributed by atoms with Crippen LogP contribution >= 0.6 is 0 Å². The van der Waals surface area contributed by atoms with Crippen LogP contribution in [0.1, 0.15) is 47.5 Å². The molecule has 1 aliphatic rings. The van der Waals surface area contributed by atoms with E-state index in [1.54, 1.807) is 0 Å². The van der Waals surface area contributed by atoms with Gasteiger partial charge in [0, 0.05) is 37.6 Å². The molecule has 3 nitrogen and oxygen atoms in total. The fourth-order valence-corrected chi connectivity index (χ4v) is 2.64. The molecule has 1 amide bonds. The van der Waals surface area contributed by atoms with Crippen molar-refractivity contribution in [2.24, 2.45) is 5.92 Å². The summed E-state index contributed by atoms with van der Waals surface area (Å²) in [5.74, 6) is 0.438. The summed E-state index contributed by atoms with van der Waals surface area (Å²) in [6.45, 7) is 13.7. The maximum absolute atomic E-state index is 12.1. The number of hydrogen-bond acceptors (Lipinski definition) is 2. The Hall–Kier alpha value is -0.570. The van der Waals surface area contributed by atoms with Crippen molar-refractivity contribution < 1.29 is 4.79 Å². The Morgan fingerprint density at radius 3 is 2.12 bits per heavy atom. The largest absolute Gasteiger partial charge is 0.340 e. The van der Waals surface area contributed by atoms with Crippen LogP contribution in [-0.2, 0) is 4.79 Å². The number of likely N-dealkylation sites (tertiary alicyclic amines) is 1. The Bertz CT molecular complexity index is 243. The van der Waals surface area contributed by atoms with Gasteiger partial charge in [-0.2, -0.15) is 0 Å². The summed E-state index contributed by atoms with van der Waals surface area (Å²) in [5, 5.41) is 0. The Kier molecular flexibility index (Phi) is 5.44. The van der Waals surface area contributed by atoms with Crippen LogP contribution in [0, 0.1) is 5.92 Å². The average molecular weight is 240 g/mol. The van der Waals surface area contributed by atoms with Gasteiger partial charge in [0.2, 0.25) is 5.91 Å². The zero-order chi connectivity index (χ0) is 13.0. The van der Waals surface area contributed by atoms with Crippen LogP contribution in [0.5, 0.6) is 0 Å². The van der Waals surface area contributed by atoms with Crippen molar-refractivity contribution in [3.8, 4) is 0 Å². The van der Waals surface area contributed by atoms with Crippen molar-refractivity contribution in [3.05, 3.63) is 0 Å². The normalized spacial score (nSPS) is 19.0. The van der Waals surface area contributed by atoms with Gasteiger partial charge in [-0.25, -0.2) is 0 Å². The number of nitrogens with zero attached hydrogens (tertiary/aromatic N) is 2. The Balaban J connectivity index is 2.53. The molecule has 1 fully saturated rings. The van der Waals surface area contributed by atoms with Crippen molar-refractivity contribution in [2.45, 2.75) is 59.5 Å². The van der Waals surface area contributed by atoms with Gasteiger partial charge in [0.15, 0.2) is 0 Å². The molecule has 0 aromatic heterocycles. The van der Waals surface area contributed by atoms with E-state index < -0.39 is 0 Å². The third-order valence-electron chi connectivity index (χ3n) is 3.79. The van der Waals surface area contributed by atoms with Crippen molar-refractivity contribution >= 4 is 5.91 Å². The quantitative estimate of drug-likeness (QED) is 0.753. The van der Waals surface area contributed by atoms with Gasteiger partial charge in [0.25, 0.3) is 0 Å². The monoisotopic (exact) mass is 240 g/mol. The maximum Gasteiger partial charge on any atom is 0.225 e. The summed E-state index contributed by atoms with van der Waals surface area (Å²) >= 11 is 0. The second kappa shape index (κ2) is 6.39. The van der Waals surface area contributed by atoms with Gasteiger partial charge in [-0.3, -0.25) is 4.79 Å². The van der Waals surface area contributed by atoms with Gasteiger partial charge in [0.1, 0.15) is 0 Å². The molecule has 1 heterocycles. The maximum atomic E-state index is 12.1. The van der Waals surface area contributed by atoms with Crippen LogP contribution in [0.15, 0.2) is 0 Å². The first kappa shape index (κ1) is 14.5. The first-order valence-corrected chi connectivity index (χ1v) is 7.01. The van der Waals surface area contributed by atoms with Crippen LogP contribution in [0.25, 0.3) is 0 Å². The van der Waals surface area contributed by atoms with Gasteiger partial charge in [-0.05, 0) is 33.6 Å². The molecule has 0 atom stereocenters. The van der Waals surface area contributed by atoms with E-state index in [4.69, 9.17) is 0 Å². The summed E-state index contributed by atoms with van der Waals surface area (Å²) in [6, 6.07) is 1.09. The molecule has 1 aliphatic heterocycles. The lowest BCUT2D eigenvalue weighted by molar-refractivity contribution is -0.137. The minimum atomic E-state index is 0.123. The predicted molar refractivity (Wildman–Crippen MR) is 72.0 cm³/mol. The van der Waals surface area contributed by atoms with Crippen LogP contribution in [0.2, 0.25) is 0 Å². The lowest BCUT2D eigenvalue weighted by atomic mass is 10.0. The Morgan fingerprint density at radius 2 is 1.76 bits per heavy atom. The first-order valence-electron chi connectivity index (χ1n) is 7.01. The van der Waals surface area contributed by atoms with Gasteiger partial charge in [-0.15, -0.1) is 0 Å². The van der Waals surface area contributed by atoms with Gasteiger partial charge < -0.3 is 9.80 Å². The Morgan fingerprint density at radius 1 is 1.24 bits per heavy atom. The highest BCUT2D eigenvalue weighted by atomic mass is 16.2. The molecule has 100 valence electrons. The van der Waals surface area contributed by atoms with E-state index in [2.05, 4.69) is 30.6 Å². The Labute approximate surface area is 106 Å². The first-order chi connectivity index (χ1) is 7.97. The predicted octanol–water partition coefficient (Wildman–Crippen LogP) is 2.36. The number of carbonyl (C=O) groups is 1. The molecule has 0 N–H and O–H groups in total. The molecular weight excluding hydrogens is 212 g/mol. The lowest BCUT2D eigenvalue weighted by Gasteiger charge is -2.40. The van der Waals surface area contributed by atoms with E-state index in [0.29, 0.717) is 18.0 Å². The zero-order valence-electron chi connectivity index (χ0n) is 12.1. The third kappa shape index (κ3) is 3.70. The highest BCUT2D eigenvalue weighted by Crippen LogP contribution is 2.19. The topological polar surface area (TPSA) is 23.6 Å². The number of piperidine rings is 1. The lowest BCUT2D eigenvalue weighted by Crippen LogP contribution is -2.49. The van der Waals surface area contributed by atoms with E-state index in [0.717, 1.165) is 32.5 Å². The zero-order valence-corrected chi connectivity index (χ0v) is 12.1. The van der Waals surface area contributed by atoms with E-state index in [1.807, 2.05) is 13.8 Å². The molecule has 0 spiro atoms. The molecule has 0 aromatic carbocycles. The van der Waals surface area contributed by atoms with Gasteiger partial charge in [0.05, 0.1) is 0 Å². The number of carbonyl (C=O) groups excluding carboxylic acids is 1. The average Bonchev–Trinajstić information content (AvgIpc) is 2.30. The molecule has 1 saturated heterocycles. The highest BCUT2D eigenvalue weighted by Gasteiger charge is 2.28. The summed E-state index contributed by atoms with van der Waals surface area (Å²) < 4.78 is 0. The van der Waals surface area contributed by atoms with Crippen molar-refractivity contribution in [1.82, 2.24) is 9.80 Å². The summed E-state index contributed by atoms with van der Waals surface area (Å²) in [5.41, 5.74) is 0. The molecule has 0 aliphatic carbocycles. The second-order valence-corrected chi connectivity index (χ2v) is 5.64. The fourth-order valence-electron chi connectivity index (χ4n) is 2.64. The highest BCUT2D eigenvalue weighted by molar-refractivity contribution is 5.78. The van der Waals surface area contributed by atoms with E-state index in [9.17, 15) is 4.79 Å². The third-order valence-corrected chi connectivity index (χ3v) is 3.79. The smallest absolute Gasteiger partial charge is 0.225 e. The SMILES string of the molecule is CCN(C(=O)C(C)C)C1CCN(C(C)C)CC1. The molecule has 0 unspecified atom stereocenters. The molecular formula is C14H28N2O. The second-order valence-electron chi connectivity index (χ2n) is 5.64. The van der Waals surface area contributed by atoms with Crippen molar-refractivity contribution in [3.63, 3.8) is 0 Å². The molecule has 0 radical (unpaired) electrons. The molecule has 0 aromatic rings. The van der Waals surface area contributed by atoms with E-state index >= 15 is 0 Å². The molecule has 0 bridgehead atoms. The van der Waals surface area contributed by atoms with Crippen molar-refractivity contribution in [2.75, 3.05) is 19.6 Å². The fraction of sp³-hybridized carbons (Fsp3) is 0.929. The van der Waals surface area contributed by atoms with E-state index in [-0.39, 0.29) is 5.92 Å². The number of amides is 1. The minimum Gasteiger partial charge on any atom is -0.340 e. The summed E-state index contributed by atoms with van der Waals surface area (Å²) in [4.78, 5) is 16.7. The van der Waals surface area contributed by atoms with E-state index in [1.165, 1.54) is 0 Å². The van der Waals surface area contributed by atoms with Crippen LogP contribution < -0.4 is 0 Å². The summed E-state index contributed by atoms with van der Waals surface area (Å²) in [6.07, 6.45) is 2.26. The molecule has 3 heteroatoms. The van der Waals surface area contributed by atoms with Gasteiger partial charge in [-0.1, -0.05) is 13.8 Å².